The molecule has 0 bridgehead atoms. The van der Waals surface area contributed by atoms with Gasteiger partial charge in [0.2, 0.25) is 0 Å². The van der Waals surface area contributed by atoms with Gasteiger partial charge >= 0.3 is 5.95 Å². The molecule has 0 aliphatic heterocycles. The van der Waals surface area contributed by atoms with Crippen molar-refractivity contribution >= 4 is 0 Å². The van der Waals surface area contributed by atoms with Crippen molar-refractivity contribution in [2.75, 3.05) is 14.2 Å². The lowest BCUT2D eigenvalue weighted by atomic mass is 10.3. The molecule has 0 spiro atoms. The van der Waals surface area contributed by atoms with Crippen molar-refractivity contribution in [3.05, 3.63) is 11.6 Å². The molecule has 3 nitrogen and oxygen atoms in total. The van der Waals surface area contributed by atoms with Crippen molar-refractivity contribution in [3.8, 4) is 24.2 Å². The van der Waals surface area contributed by atoms with E-state index in [9.17, 15) is 0 Å². The molecule has 0 fully saturated rings. The number of ether oxygens (including phenoxy) is 2. The van der Waals surface area contributed by atoms with Gasteiger partial charge in [0.25, 0.3) is 5.95 Å². The molecule has 0 saturated carbocycles. The van der Waals surface area contributed by atoms with E-state index >= 15 is 0 Å². The lowest BCUT2D eigenvalue weighted by molar-refractivity contribution is 0.243. The van der Waals surface area contributed by atoms with E-state index in [4.69, 9.17) is 20.3 Å². The zero-order valence-electron chi connectivity index (χ0n) is 6.38. The Bertz CT molecular complexity index is 280. The van der Waals surface area contributed by atoms with E-state index < -0.39 is 0 Å². The van der Waals surface area contributed by atoms with Gasteiger partial charge in [-0.1, -0.05) is 5.92 Å². The highest BCUT2D eigenvalue weighted by Gasteiger charge is 2.08. The minimum Gasteiger partial charge on any atom is -0.468 e. The summed E-state index contributed by atoms with van der Waals surface area (Å²) in [6.07, 6.45) is 5.15. The first-order valence-electron chi connectivity index (χ1n) is 3.00. The summed E-state index contributed by atoms with van der Waals surface area (Å²) in [4.78, 5) is 0. The van der Waals surface area contributed by atoms with Gasteiger partial charge in [0.15, 0.2) is 0 Å². The van der Waals surface area contributed by atoms with Crippen LogP contribution in [0.25, 0.3) is 0 Å². The molecule has 0 N–H and O–H groups in total. The Hall–Kier alpha value is -1.56. The van der Waals surface area contributed by atoms with Crippen molar-refractivity contribution in [2.24, 2.45) is 0 Å². The third-order valence-corrected chi connectivity index (χ3v) is 1.22. The zero-order valence-corrected chi connectivity index (χ0v) is 6.38. The van der Waals surface area contributed by atoms with E-state index in [2.05, 4.69) is 5.92 Å². The summed E-state index contributed by atoms with van der Waals surface area (Å²) in [6.45, 7) is 0. The molecule has 58 valence electrons. The van der Waals surface area contributed by atoms with Gasteiger partial charge in [-0.15, -0.1) is 6.42 Å². The smallest absolute Gasteiger partial charge is 0.303 e. The molecule has 0 radical (unpaired) electrons. The summed E-state index contributed by atoms with van der Waals surface area (Å²) >= 11 is 0. The van der Waals surface area contributed by atoms with Crippen LogP contribution < -0.4 is 9.47 Å². The molecule has 1 aromatic heterocycles. The highest BCUT2D eigenvalue weighted by atomic mass is 16.6. The number of terminal acetylenes is 1. The SMILES string of the molecule is C#Cc1cc(OC)oc1OC. The Labute approximate surface area is 64.9 Å². The summed E-state index contributed by atoms with van der Waals surface area (Å²) in [7, 11) is 2.98. The summed E-state index contributed by atoms with van der Waals surface area (Å²) in [5.41, 5.74) is 0.560. The maximum Gasteiger partial charge on any atom is 0.303 e. The minimum atomic E-state index is 0.310. The third-order valence-electron chi connectivity index (χ3n) is 1.22. The van der Waals surface area contributed by atoms with Crippen LogP contribution in [0.3, 0.4) is 0 Å². The van der Waals surface area contributed by atoms with E-state index in [0.717, 1.165) is 0 Å². The summed E-state index contributed by atoms with van der Waals surface area (Å²) in [6, 6.07) is 1.60. The first kappa shape index (κ1) is 7.55. The van der Waals surface area contributed by atoms with Crippen LogP contribution >= 0.6 is 0 Å². The van der Waals surface area contributed by atoms with Gasteiger partial charge in [0.1, 0.15) is 5.56 Å². The lowest BCUT2D eigenvalue weighted by Gasteiger charge is -1.92. The van der Waals surface area contributed by atoms with Crippen LogP contribution in [0.4, 0.5) is 0 Å². The van der Waals surface area contributed by atoms with Crippen LogP contribution in [-0.2, 0) is 0 Å². The average Bonchev–Trinajstić information content (AvgIpc) is 2.46. The molecule has 11 heavy (non-hydrogen) atoms. The Morgan fingerprint density at radius 3 is 2.55 bits per heavy atom. The first-order chi connectivity index (χ1) is 5.31. The number of methoxy groups -OCH3 is 2. The second-order valence-electron chi connectivity index (χ2n) is 1.82. The number of hydrogen-bond donors (Lipinski definition) is 0. The summed E-state index contributed by atoms with van der Waals surface area (Å²) in [5, 5.41) is 0. The van der Waals surface area contributed by atoms with Crippen molar-refractivity contribution in [1.29, 1.82) is 0 Å². The topological polar surface area (TPSA) is 31.6 Å². The van der Waals surface area contributed by atoms with Crippen LogP contribution in [-0.4, -0.2) is 14.2 Å². The van der Waals surface area contributed by atoms with Crippen LogP contribution in [0, 0.1) is 12.3 Å². The Morgan fingerprint density at radius 1 is 1.45 bits per heavy atom. The predicted octanol–water partition coefficient (Wildman–Crippen LogP) is 1.28. The number of rotatable bonds is 2. The summed E-state index contributed by atoms with van der Waals surface area (Å²) < 4.78 is 14.6. The number of hydrogen-bond acceptors (Lipinski definition) is 3. The van der Waals surface area contributed by atoms with E-state index in [1.807, 2.05) is 0 Å². The molecular weight excluding hydrogens is 144 g/mol. The fourth-order valence-electron chi connectivity index (χ4n) is 0.705. The van der Waals surface area contributed by atoms with Gasteiger partial charge in [-0.2, -0.15) is 0 Å². The number of furan rings is 1. The molecule has 1 rings (SSSR count). The Kier molecular flexibility index (Phi) is 2.07. The maximum absolute atomic E-state index is 5.15. The molecule has 0 atom stereocenters. The van der Waals surface area contributed by atoms with Gasteiger partial charge in [-0.05, 0) is 0 Å². The largest absolute Gasteiger partial charge is 0.468 e. The van der Waals surface area contributed by atoms with Gasteiger partial charge in [0.05, 0.1) is 14.2 Å². The molecule has 1 heterocycles. The van der Waals surface area contributed by atoms with Crippen LogP contribution in [0.2, 0.25) is 0 Å². The minimum absolute atomic E-state index is 0.310. The standard InChI is InChI=1S/C8H8O3/c1-4-6-5-7(9-2)11-8(6)10-3/h1,5H,2-3H3. The average molecular weight is 152 g/mol. The van der Waals surface area contributed by atoms with Crippen LogP contribution in [0.15, 0.2) is 10.5 Å². The predicted molar refractivity (Wildman–Crippen MR) is 39.7 cm³/mol. The molecule has 0 amide bonds. The Balaban J connectivity index is 3.05. The second-order valence-corrected chi connectivity index (χ2v) is 1.82. The molecule has 0 saturated heterocycles. The molecule has 0 aliphatic carbocycles. The van der Waals surface area contributed by atoms with E-state index in [1.165, 1.54) is 14.2 Å². The van der Waals surface area contributed by atoms with Crippen molar-refractivity contribution < 1.29 is 13.9 Å². The molecular formula is C8H8O3. The van der Waals surface area contributed by atoms with Gasteiger partial charge in [0, 0.05) is 6.07 Å². The monoisotopic (exact) mass is 152 g/mol. The highest BCUT2D eigenvalue weighted by molar-refractivity contribution is 5.42. The third kappa shape index (κ3) is 1.30. The summed E-state index contributed by atoms with van der Waals surface area (Å²) in [5.74, 6) is 3.07. The second kappa shape index (κ2) is 3.02. The van der Waals surface area contributed by atoms with Crippen LogP contribution in [0.1, 0.15) is 5.56 Å². The quantitative estimate of drug-likeness (QED) is 0.598. The van der Waals surface area contributed by atoms with E-state index in [-0.39, 0.29) is 0 Å². The fraction of sp³-hybridized carbons (Fsp3) is 0.250. The van der Waals surface area contributed by atoms with Gasteiger partial charge < -0.3 is 13.9 Å². The Morgan fingerprint density at radius 2 is 2.18 bits per heavy atom. The first-order valence-corrected chi connectivity index (χ1v) is 3.00. The van der Waals surface area contributed by atoms with Gasteiger partial charge in [-0.25, -0.2) is 0 Å². The maximum atomic E-state index is 5.15. The molecule has 3 heteroatoms. The highest BCUT2D eigenvalue weighted by Crippen LogP contribution is 2.27. The van der Waals surface area contributed by atoms with Gasteiger partial charge in [-0.3, -0.25) is 0 Å². The normalized spacial score (nSPS) is 8.82. The van der Waals surface area contributed by atoms with E-state index in [1.54, 1.807) is 6.07 Å². The molecule has 0 aromatic carbocycles. The van der Waals surface area contributed by atoms with Crippen molar-refractivity contribution in [2.45, 2.75) is 0 Å². The lowest BCUT2D eigenvalue weighted by Crippen LogP contribution is -1.80. The van der Waals surface area contributed by atoms with E-state index in [0.29, 0.717) is 17.5 Å². The molecule has 0 unspecified atom stereocenters. The molecule has 1 aromatic rings. The van der Waals surface area contributed by atoms with Crippen molar-refractivity contribution in [1.82, 2.24) is 0 Å². The molecule has 0 aliphatic rings. The van der Waals surface area contributed by atoms with Crippen molar-refractivity contribution in [3.63, 3.8) is 0 Å². The van der Waals surface area contributed by atoms with Crippen LogP contribution in [0.5, 0.6) is 11.9 Å². The fourth-order valence-corrected chi connectivity index (χ4v) is 0.705. The zero-order chi connectivity index (χ0) is 8.27.